The van der Waals surface area contributed by atoms with E-state index in [2.05, 4.69) is 15.0 Å². The Morgan fingerprint density at radius 3 is 2.81 bits per heavy atom. The van der Waals surface area contributed by atoms with Gasteiger partial charge in [0.25, 0.3) is 5.69 Å². The molecule has 0 aliphatic carbocycles. The summed E-state index contributed by atoms with van der Waals surface area (Å²) in [5.74, 6) is 0.463. The second-order valence-electron chi connectivity index (χ2n) is 4.15. The maximum Gasteiger partial charge on any atom is 0.289 e. The second kappa shape index (κ2) is 5.58. The number of aromatic amines is 1. The second-order valence-corrected chi connectivity index (χ2v) is 4.55. The van der Waals surface area contributed by atoms with E-state index in [-0.39, 0.29) is 19.2 Å². The number of hydrogen-bond donors (Lipinski definition) is 2. The molecule has 7 nitrogen and oxygen atoms in total. The number of imidazole rings is 1. The van der Waals surface area contributed by atoms with Crippen molar-refractivity contribution in [3.8, 4) is 11.4 Å². The minimum Gasteiger partial charge on any atom is -0.399 e. The van der Waals surface area contributed by atoms with E-state index in [1.807, 2.05) is 0 Å². The van der Waals surface area contributed by atoms with Crippen LogP contribution in [0.5, 0.6) is 0 Å². The third-order valence-corrected chi connectivity index (χ3v) is 3.11. The molecule has 0 saturated carbocycles. The highest BCUT2D eigenvalue weighted by atomic mass is 35.5. The zero-order valence-corrected chi connectivity index (χ0v) is 12.3. The predicted molar refractivity (Wildman–Crippen MR) is 85.8 cm³/mol. The Labute approximate surface area is 130 Å². The number of halogens is 1. The van der Waals surface area contributed by atoms with Crippen LogP contribution in [0.3, 0.4) is 0 Å². The van der Waals surface area contributed by atoms with Crippen molar-refractivity contribution in [2.24, 2.45) is 0 Å². The van der Waals surface area contributed by atoms with Crippen LogP contribution < -0.4 is 5.73 Å². The molecule has 1 aromatic carbocycles. The van der Waals surface area contributed by atoms with Crippen molar-refractivity contribution in [3.63, 3.8) is 0 Å². The Morgan fingerprint density at radius 2 is 2.10 bits per heavy atom. The van der Waals surface area contributed by atoms with Gasteiger partial charge < -0.3 is 10.7 Å². The lowest BCUT2D eigenvalue weighted by atomic mass is 10.2. The predicted octanol–water partition coefficient (Wildman–Crippen LogP) is 2.88. The largest absolute Gasteiger partial charge is 0.399 e. The van der Waals surface area contributed by atoms with Gasteiger partial charge in [0.2, 0.25) is 0 Å². The van der Waals surface area contributed by atoms with Crippen LogP contribution in [0.1, 0.15) is 0 Å². The lowest BCUT2D eigenvalue weighted by molar-refractivity contribution is -0.385. The minimum absolute atomic E-state index is 0. The van der Waals surface area contributed by atoms with Gasteiger partial charge in [-0.3, -0.25) is 10.1 Å². The summed E-state index contributed by atoms with van der Waals surface area (Å²) in [6.07, 6.45) is 1.16. The van der Waals surface area contributed by atoms with E-state index >= 15 is 0 Å². The average Bonchev–Trinajstić information content (AvgIpc) is 2.83. The van der Waals surface area contributed by atoms with E-state index in [4.69, 9.17) is 17.3 Å². The van der Waals surface area contributed by atoms with Crippen molar-refractivity contribution in [2.75, 3.05) is 5.73 Å². The number of nitrogens with zero attached hydrogens (tertiary/aromatic N) is 3. The molecule has 0 amide bonds. The Hall–Kier alpha value is -2.32. The van der Waals surface area contributed by atoms with Crippen molar-refractivity contribution in [3.05, 3.63) is 45.6 Å². The molecule has 108 valence electrons. The number of nitrogens with one attached hydrogen (secondary N) is 1. The van der Waals surface area contributed by atoms with Crippen molar-refractivity contribution in [2.45, 2.75) is 0 Å². The summed E-state index contributed by atoms with van der Waals surface area (Å²) in [5.41, 5.74) is 7.62. The Balaban J connectivity index is 0.00000161. The van der Waals surface area contributed by atoms with E-state index in [0.717, 1.165) is 6.20 Å². The summed E-state index contributed by atoms with van der Waals surface area (Å²) < 4.78 is 0. The molecular weight excluding hydrogens is 314 g/mol. The highest BCUT2D eigenvalue weighted by Crippen LogP contribution is 2.29. The monoisotopic (exact) mass is 323 g/mol. The summed E-state index contributed by atoms with van der Waals surface area (Å²) in [6.45, 7) is 0. The number of nitro groups is 1. The molecule has 9 heteroatoms. The molecule has 3 rings (SSSR count). The molecular formula is C12H10ClN5O2S. The third kappa shape index (κ3) is 2.76. The van der Waals surface area contributed by atoms with E-state index in [1.54, 1.807) is 18.2 Å². The van der Waals surface area contributed by atoms with Gasteiger partial charge in [0, 0.05) is 17.3 Å². The number of anilines is 1. The van der Waals surface area contributed by atoms with Gasteiger partial charge in [0.05, 0.1) is 15.5 Å². The van der Waals surface area contributed by atoms with Gasteiger partial charge in [-0.2, -0.15) is 13.5 Å². The number of H-pyrrole nitrogens is 1. The number of rotatable bonds is 2. The molecule has 0 aliphatic rings. The topological polar surface area (TPSA) is 111 Å². The first kappa shape index (κ1) is 15.1. The molecule has 21 heavy (non-hydrogen) atoms. The number of nitrogen functional groups attached to an aromatic ring is 1. The Kier molecular flexibility index (Phi) is 4.01. The summed E-state index contributed by atoms with van der Waals surface area (Å²) >= 11 is 6.10. The van der Waals surface area contributed by atoms with Crippen LogP contribution >= 0.6 is 25.1 Å². The summed E-state index contributed by atoms with van der Waals surface area (Å²) in [7, 11) is 0. The van der Waals surface area contributed by atoms with Crippen LogP contribution in [0.25, 0.3) is 22.6 Å². The number of hydrogen-bond acceptors (Lipinski definition) is 5. The van der Waals surface area contributed by atoms with Crippen LogP contribution in [0.2, 0.25) is 5.02 Å². The van der Waals surface area contributed by atoms with Crippen molar-refractivity contribution in [1.29, 1.82) is 0 Å². The van der Waals surface area contributed by atoms with Gasteiger partial charge in [-0.05, 0) is 18.2 Å². The van der Waals surface area contributed by atoms with Crippen molar-refractivity contribution < 1.29 is 4.92 Å². The van der Waals surface area contributed by atoms with Crippen LogP contribution in [-0.4, -0.2) is 19.9 Å². The number of benzene rings is 1. The smallest absolute Gasteiger partial charge is 0.289 e. The molecule has 3 aromatic rings. The zero-order valence-electron chi connectivity index (χ0n) is 10.5. The first-order chi connectivity index (χ1) is 9.54. The van der Waals surface area contributed by atoms with Crippen molar-refractivity contribution >= 4 is 47.6 Å². The number of fused-ring (bicyclic) bond motifs is 1. The number of nitrogens with two attached hydrogens (primary N) is 1. The SMILES string of the molecule is Nc1ccc(Cl)c(-c2nc3ncc([N+](=O)[O-])cc3[nH]2)c1.S. The van der Waals surface area contributed by atoms with Gasteiger partial charge in [0.1, 0.15) is 12.0 Å². The highest BCUT2D eigenvalue weighted by molar-refractivity contribution is 7.59. The van der Waals surface area contributed by atoms with E-state index < -0.39 is 4.92 Å². The highest BCUT2D eigenvalue weighted by Gasteiger charge is 2.13. The standard InChI is InChI=1S/C12H8ClN5O2.H2S/c13-9-2-1-6(14)3-8(9)11-16-10-4-7(18(19)20)5-15-12(10)17-11;/h1-5H,14H2,(H,15,16,17);1H2. The first-order valence-electron chi connectivity index (χ1n) is 5.60. The molecule has 0 unspecified atom stereocenters. The molecule has 2 aromatic heterocycles. The molecule has 0 saturated heterocycles. The van der Waals surface area contributed by atoms with Crippen LogP contribution in [0, 0.1) is 10.1 Å². The molecule has 0 fully saturated rings. The maximum absolute atomic E-state index is 10.7. The molecule has 3 N–H and O–H groups in total. The minimum atomic E-state index is -0.513. The fourth-order valence-corrected chi connectivity index (χ4v) is 2.05. The Morgan fingerprint density at radius 1 is 1.33 bits per heavy atom. The number of aromatic nitrogens is 3. The molecule has 0 spiro atoms. The molecule has 0 bridgehead atoms. The first-order valence-corrected chi connectivity index (χ1v) is 5.98. The van der Waals surface area contributed by atoms with Crippen LogP contribution in [0.15, 0.2) is 30.5 Å². The Bertz CT molecular complexity index is 836. The van der Waals surface area contributed by atoms with E-state index in [0.29, 0.717) is 33.3 Å². The summed E-state index contributed by atoms with van der Waals surface area (Å²) in [5, 5.41) is 11.2. The summed E-state index contributed by atoms with van der Waals surface area (Å²) in [6, 6.07) is 6.39. The van der Waals surface area contributed by atoms with E-state index in [1.165, 1.54) is 6.07 Å². The van der Waals surface area contributed by atoms with Crippen LogP contribution in [-0.2, 0) is 0 Å². The van der Waals surface area contributed by atoms with Gasteiger partial charge in [-0.25, -0.2) is 9.97 Å². The lowest BCUT2D eigenvalue weighted by Gasteiger charge is -2.01. The van der Waals surface area contributed by atoms with Crippen LogP contribution in [0.4, 0.5) is 11.4 Å². The summed E-state index contributed by atoms with van der Waals surface area (Å²) in [4.78, 5) is 21.4. The lowest BCUT2D eigenvalue weighted by Crippen LogP contribution is -1.88. The van der Waals surface area contributed by atoms with Gasteiger partial charge in [0.15, 0.2) is 5.65 Å². The van der Waals surface area contributed by atoms with E-state index in [9.17, 15) is 10.1 Å². The fraction of sp³-hybridized carbons (Fsp3) is 0. The van der Waals surface area contributed by atoms with Gasteiger partial charge in [-0.1, -0.05) is 11.6 Å². The quantitative estimate of drug-likeness (QED) is 0.428. The van der Waals surface area contributed by atoms with Gasteiger partial charge in [-0.15, -0.1) is 0 Å². The fourth-order valence-electron chi connectivity index (χ4n) is 1.84. The van der Waals surface area contributed by atoms with Gasteiger partial charge >= 0.3 is 0 Å². The molecule has 0 aliphatic heterocycles. The molecule has 0 atom stereocenters. The van der Waals surface area contributed by atoms with Crippen molar-refractivity contribution in [1.82, 2.24) is 15.0 Å². The molecule has 0 radical (unpaired) electrons. The normalized spacial score (nSPS) is 10.3. The third-order valence-electron chi connectivity index (χ3n) is 2.78. The zero-order chi connectivity index (χ0) is 14.3. The average molecular weight is 324 g/mol. The maximum atomic E-state index is 10.7. The number of pyridine rings is 1. The molecule has 2 heterocycles.